The third-order valence-electron chi connectivity index (χ3n) is 5.02. The van der Waals surface area contributed by atoms with Crippen molar-refractivity contribution < 1.29 is 14.3 Å². The number of likely N-dealkylation sites (N-methyl/N-ethyl adjacent to an activating group) is 1. The van der Waals surface area contributed by atoms with Crippen LogP contribution in [0.25, 0.3) is 0 Å². The summed E-state index contributed by atoms with van der Waals surface area (Å²) >= 11 is 0. The van der Waals surface area contributed by atoms with Gasteiger partial charge in [0.1, 0.15) is 11.5 Å². The second kappa shape index (κ2) is 10.2. The van der Waals surface area contributed by atoms with Gasteiger partial charge in [-0.25, -0.2) is 0 Å². The van der Waals surface area contributed by atoms with Crippen molar-refractivity contribution in [3.63, 3.8) is 0 Å². The van der Waals surface area contributed by atoms with Gasteiger partial charge in [-0.2, -0.15) is 0 Å². The molecule has 1 aliphatic rings. The first-order valence-corrected chi connectivity index (χ1v) is 10.2. The molecular weight excluding hydrogens is 366 g/mol. The molecule has 1 fully saturated rings. The van der Waals surface area contributed by atoms with E-state index in [9.17, 15) is 4.79 Å². The molecule has 0 saturated carbocycles. The summed E-state index contributed by atoms with van der Waals surface area (Å²) < 4.78 is 11.1. The lowest BCUT2D eigenvalue weighted by Crippen LogP contribution is -2.44. The van der Waals surface area contributed by atoms with Gasteiger partial charge in [0.2, 0.25) is 0 Å². The molecular formula is C23H31N3O3. The smallest absolute Gasteiger partial charge is 0.262 e. The van der Waals surface area contributed by atoms with Crippen molar-refractivity contribution in [2.45, 2.75) is 20.3 Å². The normalized spacial score (nSPS) is 14.5. The van der Waals surface area contributed by atoms with Crippen molar-refractivity contribution in [1.29, 1.82) is 0 Å². The number of nitrogens with one attached hydrogen (secondary N) is 1. The van der Waals surface area contributed by atoms with Gasteiger partial charge in [-0.05, 0) is 68.4 Å². The summed E-state index contributed by atoms with van der Waals surface area (Å²) in [6, 6.07) is 13.5. The van der Waals surface area contributed by atoms with Crippen LogP contribution >= 0.6 is 0 Å². The predicted molar refractivity (Wildman–Crippen MR) is 117 cm³/mol. The highest BCUT2D eigenvalue weighted by Crippen LogP contribution is 2.24. The molecule has 1 aliphatic heterocycles. The quantitative estimate of drug-likeness (QED) is 0.738. The van der Waals surface area contributed by atoms with Crippen LogP contribution in [-0.4, -0.2) is 57.2 Å². The number of benzene rings is 2. The van der Waals surface area contributed by atoms with E-state index in [1.165, 1.54) is 5.69 Å². The minimum absolute atomic E-state index is 0.0329. The van der Waals surface area contributed by atoms with Crippen LogP contribution in [0.3, 0.4) is 0 Å². The van der Waals surface area contributed by atoms with Crippen LogP contribution in [0.4, 0.5) is 11.4 Å². The van der Waals surface area contributed by atoms with Crippen molar-refractivity contribution in [3.05, 3.63) is 48.0 Å². The summed E-state index contributed by atoms with van der Waals surface area (Å²) in [5, 5.41) is 2.94. The van der Waals surface area contributed by atoms with E-state index in [1.54, 1.807) is 0 Å². The summed E-state index contributed by atoms with van der Waals surface area (Å²) in [6.45, 7) is 8.93. The number of rotatable bonds is 8. The highest BCUT2D eigenvalue weighted by Gasteiger charge is 2.15. The molecule has 0 radical (unpaired) electrons. The first kappa shape index (κ1) is 21.0. The van der Waals surface area contributed by atoms with Gasteiger partial charge in [-0.1, -0.05) is 6.92 Å². The van der Waals surface area contributed by atoms with E-state index in [2.05, 4.69) is 41.2 Å². The fourth-order valence-corrected chi connectivity index (χ4v) is 3.24. The molecule has 0 bridgehead atoms. The van der Waals surface area contributed by atoms with Crippen molar-refractivity contribution in [2.75, 3.05) is 56.7 Å². The summed E-state index contributed by atoms with van der Waals surface area (Å²) in [4.78, 5) is 17.0. The van der Waals surface area contributed by atoms with Gasteiger partial charge in [0.25, 0.3) is 5.91 Å². The molecule has 1 N–H and O–H groups in total. The molecule has 6 heteroatoms. The summed E-state index contributed by atoms with van der Waals surface area (Å²) in [7, 11) is 2.15. The van der Waals surface area contributed by atoms with Crippen LogP contribution in [0.1, 0.15) is 18.9 Å². The molecule has 2 aromatic carbocycles. The third kappa shape index (κ3) is 6.12. The van der Waals surface area contributed by atoms with E-state index in [0.29, 0.717) is 12.4 Å². The zero-order valence-electron chi connectivity index (χ0n) is 17.6. The van der Waals surface area contributed by atoms with Gasteiger partial charge < -0.3 is 24.6 Å². The van der Waals surface area contributed by atoms with Crippen LogP contribution in [0.2, 0.25) is 0 Å². The van der Waals surface area contributed by atoms with E-state index in [1.807, 2.05) is 37.3 Å². The fraction of sp³-hybridized carbons (Fsp3) is 0.435. The summed E-state index contributed by atoms with van der Waals surface area (Å²) in [5.41, 5.74) is 3.07. The Balaban J connectivity index is 1.50. The topological polar surface area (TPSA) is 54.0 Å². The number of anilines is 2. The first-order valence-electron chi connectivity index (χ1n) is 10.2. The number of aryl methyl sites for hydroxylation is 1. The predicted octanol–water partition coefficient (Wildman–Crippen LogP) is 3.55. The molecule has 29 heavy (non-hydrogen) atoms. The maximum Gasteiger partial charge on any atom is 0.262 e. The standard InChI is InChI=1S/C23H31N3O3/c1-4-15-28-20-6-8-21(9-7-20)29-17-23(27)24-22-10-5-19(16-18(22)2)26-13-11-25(3)12-14-26/h5-10,16H,4,11-15,17H2,1-3H3,(H,24,27). The molecule has 0 unspecified atom stereocenters. The molecule has 0 atom stereocenters. The Labute approximate surface area is 173 Å². The summed E-state index contributed by atoms with van der Waals surface area (Å²) in [6.07, 6.45) is 0.966. The van der Waals surface area contributed by atoms with Crippen molar-refractivity contribution in [2.24, 2.45) is 0 Å². The first-order chi connectivity index (χ1) is 14.0. The molecule has 2 aromatic rings. The number of hydrogen-bond donors (Lipinski definition) is 1. The lowest BCUT2D eigenvalue weighted by Gasteiger charge is -2.34. The number of ether oxygens (including phenoxy) is 2. The number of amides is 1. The molecule has 0 aromatic heterocycles. The van der Waals surface area contributed by atoms with Crippen LogP contribution in [-0.2, 0) is 4.79 Å². The average Bonchev–Trinajstić information content (AvgIpc) is 2.73. The van der Waals surface area contributed by atoms with Gasteiger partial charge in [-0.3, -0.25) is 4.79 Å². The third-order valence-corrected chi connectivity index (χ3v) is 5.02. The van der Waals surface area contributed by atoms with Crippen LogP contribution < -0.4 is 19.7 Å². The maximum absolute atomic E-state index is 12.3. The van der Waals surface area contributed by atoms with Gasteiger partial charge in [0.05, 0.1) is 6.61 Å². The Morgan fingerprint density at radius 1 is 1.00 bits per heavy atom. The minimum atomic E-state index is -0.174. The van der Waals surface area contributed by atoms with Gasteiger partial charge in [0, 0.05) is 37.6 Å². The SMILES string of the molecule is CCCOc1ccc(OCC(=O)Nc2ccc(N3CCN(C)CC3)cc2C)cc1. The van der Waals surface area contributed by atoms with Gasteiger partial charge >= 0.3 is 0 Å². The Bertz CT molecular complexity index is 800. The van der Waals surface area contributed by atoms with Crippen molar-refractivity contribution in [1.82, 2.24) is 4.90 Å². The highest BCUT2D eigenvalue weighted by molar-refractivity contribution is 5.92. The molecule has 1 saturated heterocycles. The lowest BCUT2D eigenvalue weighted by atomic mass is 10.1. The van der Waals surface area contributed by atoms with E-state index in [0.717, 1.165) is 49.6 Å². The van der Waals surface area contributed by atoms with Gasteiger partial charge in [-0.15, -0.1) is 0 Å². The number of hydrogen-bond acceptors (Lipinski definition) is 5. The highest BCUT2D eigenvalue weighted by atomic mass is 16.5. The Morgan fingerprint density at radius 2 is 1.66 bits per heavy atom. The van der Waals surface area contributed by atoms with Crippen LogP contribution in [0.15, 0.2) is 42.5 Å². The second-order valence-electron chi connectivity index (χ2n) is 7.45. The van der Waals surface area contributed by atoms with Crippen molar-refractivity contribution >= 4 is 17.3 Å². The Hall–Kier alpha value is -2.73. The number of piperazine rings is 1. The Kier molecular flexibility index (Phi) is 7.36. The fourth-order valence-electron chi connectivity index (χ4n) is 3.24. The zero-order chi connectivity index (χ0) is 20.6. The van der Waals surface area contributed by atoms with E-state index >= 15 is 0 Å². The van der Waals surface area contributed by atoms with Crippen molar-refractivity contribution in [3.8, 4) is 11.5 Å². The average molecular weight is 398 g/mol. The molecule has 3 rings (SSSR count). The second-order valence-corrected chi connectivity index (χ2v) is 7.45. The van der Waals surface area contributed by atoms with Crippen LogP contribution in [0.5, 0.6) is 11.5 Å². The lowest BCUT2D eigenvalue weighted by molar-refractivity contribution is -0.118. The van der Waals surface area contributed by atoms with E-state index in [-0.39, 0.29) is 12.5 Å². The molecule has 0 aliphatic carbocycles. The number of carbonyl (C=O) groups excluding carboxylic acids is 1. The summed E-state index contributed by atoms with van der Waals surface area (Å²) in [5.74, 6) is 1.28. The minimum Gasteiger partial charge on any atom is -0.494 e. The Morgan fingerprint density at radius 3 is 2.28 bits per heavy atom. The number of nitrogens with zero attached hydrogens (tertiary/aromatic N) is 2. The molecule has 156 valence electrons. The van der Waals surface area contributed by atoms with Gasteiger partial charge in [0.15, 0.2) is 6.61 Å². The van der Waals surface area contributed by atoms with E-state index in [4.69, 9.17) is 9.47 Å². The largest absolute Gasteiger partial charge is 0.494 e. The maximum atomic E-state index is 12.3. The van der Waals surface area contributed by atoms with Crippen LogP contribution in [0, 0.1) is 6.92 Å². The molecule has 1 heterocycles. The zero-order valence-corrected chi connectivity index (χ0v) is 17.6. The molecule has 0 spiro atoms. The van der Waals surface area contributed by atoms with E-state index < -0.39 is 0 Å². The monoisotopic (exact) mass is 397 g/mol. The molecule has 1 amide bonds. The number of carbonyl (C=O) groups is 1. The molecule has 6 nitrogen and oxygen atoms in total.